The van der Waals surface area contributed by atoms with Crippen LogP contribution >= 0.6 is 0 Å². The number of nitriles is 1. The van der Waals surface area contributed by atoms with Gasteiger partial charge in [-0.15, -0.1) is 0 Å². The van der Waals surface area contributed by atoms with E-state index in [0.29, 0.717) is 13.2 Å². The molecule has 0 saturated carbocycles. The summed E-state index contributed by atoms with van der Waals surface area (Å²) in [6.07, 6.45) is 0. The Morgan fingerprint density at radius 2 is 2.12 bits per heavy atom. The second kappa shape index (κ2) is 7.80. The number of nitrogens with zero attached hydrogens (tertiary/aromatic N) is 1. The van der Waals surface area contributed by atoms with Gasteiger partial charge in [0.1, 0.15) is 0 Å². The van der Waals surface area contributed by atoms with Crippen molar-refractivity contribution in [1.29, 1.82) is 5.26 Å². The predicted octanol–water partition coefficient (Wildman–Crippen LogP) is 0.891. The van der Waals surface area contributed by atoms with E-state index in [2.05, 4.69) is 11.4 Å². The van der Waals surface area contributed by atoms with Gasteiger partial charge in [-0.25, -0.2) is 0 Å². The summed E-state index contributed by atoms with van der Waals surface area (Å²) in [5.41, 5.74) is 0.983. The van der Waals surface area contributed by atoms with Gasteiger partial charge in [0, 0.05) is 13.7 Å². The number of nitrogens with one attached hydrogen (secondary N) is 1. The molecule has 0 aromatic heterocycles. The molecule has 2 N–H and O–H groups in total. The van der Waals surface area contributed by atoms with E-state index in [0.717, 1.165) is 5.56 Å². The quantitative estimate of drug-likeness (QED) is 0.735. The molecular weight excluding hydrogens is 216 g/mol. The Morgan fingerprint density at radius 1 is 1.41 bits per heavy atom. The van der Waals surface area contributed by atoms with Crippen LogP contribution in [0.1, 0.15) is 11.5 Å². The zero-order chi connectivity index (χ0) is 12.5. The molecule has 92 valence electrons. The van der Waals surface area contributed by atoms with Crippen molar-refractivity contribution in [2.45, 2.75) is 12.0 Å². The fourth-order valence-electron chi connectivity index (χ4n) is 1.59. The van der Waals surface area contributed by atoms with Gasteiger partial charge in [0.2, 0.25) is 0 Å². The second-order valence-electron chi connectivity index (χ2n) is 3.84. The van der Waals surface area contributed by atoms with Crippen LogP contribution in [-0.2, 0) is 4.74 Å². The van der Waals surface area contributed by atoms with Gasteiger partial charge in [0.05, 0.1) is 31.2 Å². The number of methoxy groups -OCH3 is 1. The Bertz CT molecular complexity index is 348. The van der Waals surface area contributed by atoms with Crippen molar-refractivity contribution in [1.82, 2.24) is 5.32 Å². The maximum absolute atomic E-state index is 9.11. The van der Waals surface area contributed by atoms with E-state index in [9.17, 15) is 0 Å². The van der Waals surface area contributed by atoms with Crippen molar-refractivity contribution >= 4 is 0 Å². The smallest absolute Gasteiger partial charge is 0.0837 e. The van der Waals surface area contributed by atoms with E-state index in [-0.39, 0.29) is 18.6 Å². The summed E-state index contributed by atoms with van der Waals surface area (Å²) >= 11 is 0. The molecule has 1 aromatic carbocycles. The molecule has 4 heteroatoms. The average molecular weight is 234 g/mol. The van der Waals surface area contributed by atoms with E-state index in [1.807, 2.05) is 30.3 Å². The van der Waals surface area contributed by atoms with E-state index >= 15 is 0 Å². The molecule has 1 rings (SSSR count). The average Bonchev–Trinajstić information content (AvgIpc) is 2.39. The Balaban J connectivity index is 2.51. The van der Waals surface area contributed by atoms with Crippen LogP contribution in [-0.4, -0.2) is 38.0 Å². The number of aliphatic hydroxyl groups excluding tert-OH is 1. The summed E-state index contributed by atoms with van der Waals surface area (Å²) in [5, 5.41) is 21.3. The predicted molar refractivity (Wildman–Crippen MR) is 65.5 cm³/mol. The van der Waals surface area contributed by atoms with Gasteiger partial charge in [0.25, 0.3) is 0 Å². The minimum absolute atomic E-state index is 0.000772. The second-order valence-corrected chi connectivity index (χ2v) is 3.84. The van der Waals surface area contributed by atoms with Gasteiger partial charge in [0.15, 0.2) is 0 Å². The van der Waals surface area contributed by atoms with Gasteiger partial charge in [-0.2, -0.15) is 5.26 Å². The molecule has 4 nitrogen and oxygen atoms in total. The van der Waals surface area contributed by atoms with Crippen LogP contribution in [0.15, 0.2) is 30.3 Å². The lowest BCUT2D eigenvalue weighted by Gasteiger charge is -2.17. The summed E-state index contributed by atoms with van der Waals surface area (Å²) in [7, 11) is 1.59. The van der Waals surface area contributed by atoms with Crippen molar-refractivity contribution in [3.63, 3.8) is 0 Å². The van der Waals surface area contributed by atoms with Crippen molar-refractivity contribution < 1.29 is 9.84 Å². The highest BCUT2D eigenvalue weighted by Crippen LogP contribution is 2.13. The number of hydrogen-bond acceptors (Lipinski definition) is 4. The first-order valence-corrected chi connectivity index (χ1v) is 5.59. The summed E-state index contributed by atoms with van der Waals surface area (Å²) in [6.45, 7) is 0.944. The van der Waals surface area contributed by atoms with Crippen LogP contribution in [0.3, 0.4) is 0 Å². The lowest BCUT2D eigenvalue weighted by Crippen LogP contribution is -2.38. The first-order chi connectivity index (χ1) is 8.31. The Kier molecular flexibility index (Phi) is 6.26. The van der Waals surface area contributed by atoms with Crippen LogP contribution in [0.2, 0.25) is 0 Å². The largest absolute Gasteiger partial charge is 0.395 e. The number of aliphatic hydroxyl groups is 1. The maximum Gasteiger partial charge on any atom is 0.0837 e. The molecule has 0 aliphatic rings. The topological polar surface area (TPSA) is 65.3 Å². The van der Waals surface area contributed by atoms with Gasteiger partial charge >= 0.3 is 0 Å². The fourth-order valence-corrected chi connectivity index (χ4v) is 1.59. The molecule has 2 unspecified atom stereocenters. The summed E-state index contributed by atoms with van der Waals surface area (Å²) < 4.78 is 4.96. The van der Waals surface area contributed by atoms with Gasteiger partial charge in [-0.1, -0.05) is 30.3 Å². The Morgan fingerprint density at radius 3 is 2.65 bits per heavy atom. The Hall–Kier alpha value is -1.41. The maximum atomic E-state index is 9.11. The highest BCUT2D eigenvalue weighted by atomic mass is 16.5. The third kappa shape index (κ3) is 4.53. The number of rotatable bonds is 7. The first-order valence-electron chi connectivity index (χ1n) is 5.59. The van der Waals surface area contributed by atoms with Crippen molar-refractivity contribution in [2.75, 3.05) is 26.9 Å². The van der Waals surface area contributed by atoms with Crippen LogP contribution in [0.4, 0.5) is 0 Å². The lowest BCUT2D eigenvalue weighted by atomic mass is 10.0. The summed E-state index contributed by atoms with van der Waals surface area (Å²) in [4.78, 5) is 0. The lowest BCUT2D eigenvalue weighted by molar-refractivity contribution is 0.128. The van der Waals surface area contributed by atoms with Crippen molar-refractivity contribution in [2.24, 2.45) is 0 Å². The number of hydrogen-bond donors (Lipinski definition) is 2. The monoisotopic (exact) mass is 234 g/mol. The molecule has 0 fully saturated rings. The molecule has 0 spiro atoms. The first kappa shape index (κ1) is 13.7. The SMILES string of the molecule is COCC(CO)NCC(C#N)c1ccccc1. The third-order valence-electron chi connectivity index (χ3n) is 2.56. The normalized spacial score (nSPS) is 13.9. The van der Waals surface area contributed by atoms with Crippen LogP contribution in [0.5, 0.6) is 0 Å². The molecule has 0 radical (unpaired) electrons. The molecule has 2 atom stereocenters. The zero-order valence-electron chi connectivity index (χ0n) is 9.97. The summed E-state index contributed by atoms with van der Waals surface area (Å²) in [5.74, 6) is -0.206. The van der Waals surface area contributed by atoms with Gasteiger partial charge in [-0.3, -0.25) is 0 Å². The fraction of sp³-hybridized carbons (Fsp3) is 0.462. The zero-order valence-corrected chi connectivity index (χ0v) is 9.97. The minimum atomic E-state index is -0.206. The molecule has 0 aliphatic heterocycles. The summed E-state index contributed by atoms with van der Waals surface area (Å²) in [6, 6.07) is 11.7. The van der Waals surface area contributed by atoms with E-state index < -0.39 is 0 Å². The molecule has 0 bridgehead atoms. The molecule has 0 aliphatic carbocycles. The van der Waals surface area contributed by atoms with Crippen molar-refractivity contribution in [3.05, 3.63) is 35.9 Å². The van der Waals surface area contributed by atoms with Crippen LogP contribution in [0, 0.1) is 11.3 Å². The third-order valence-corrected chi connectivity index (χ3v) is 2.56. The Labute approximate surface area is 102 Å². The minimum Gasteiger partial charge on any atom is -0.395 e. The van der Waals surface area contributed by atoms with Gasteiger partial charge in [-0.05, 0) is 5.56 Å². The number of ether oxygens (including phenoxy) is 1. The van der Waals surface area contributed by atoms with Crippen LogP contribution < -0.4 is 5.32 Å². The molecule has 0 heterocycles. The van der Waals surface area contributed by atoms with Crippen molar-refractivity contribution in [3.8, 4) is 6.07 Å². The van der Waals surface area contributed by atoms with E-state index in [4.69, 9.17) is 15.1 Å². The highest BCUT2D eigenvalue weighted by Gasteiger charge is 2.13. The number of benzene rings is 1. The standard InChI is InChI=1S/C13H18N2O2/c1-17-10-13(9-16)15-8-12(7-14)11-5-3-2-4-6-11/h2-6,12-13,15-16H,8-10H2,1H3. The molecule has 0 saturated heterocycles. The van der Waals surface area contributed by atoms with E-state index in [1.54, 1.807) is 7.11 Å². The molecule has 0 amide bonds. The van der Waals surface area contributed by atoms with Gasteiger partial charge < -0.3 is 15.2 Å². The van der Waals surface area contributed by atoms with Crippen LogP contribution in [0.25, 0.3) is 0 Å². The van der Waals surface area contributed by atoms with E-state index in [1.165, 1.54) is 0 Å². The molecule has 1 aromatic rings. The molecular formula is C13H18N2O2. The highest BCUT2D eigenvalue weighted by molar-refractivity contribution is 5.25. The molecule has 17 heavy (non-hydrogen) atoms.